The number of carboxylic acids is 1. The van der Waals surface area contributed by atoms with Crippen LogP contribution in [0.1, 0.15) is 6.92 Å². The molecule has 0 unspecified atom stereocenters. The van der Waals surface area contributed by atoms with Crippen molar-refractivity contribution in [1.29, 1.82) is 0 Å². The van der Waals surface area contributed by atoms with Gasteiger partial charge in [0.05, 0.1) is 0 Å². The molecule has 0 heterocycles. The van der Waals surface area contributed by atoms with Crippen LogP contribution in [0.2, 0.25) is 0 Å². The van der Waals surface area contributed by atoms with Crippen LogP contribution in [-0.4, -0.2) is 11.1 Å². The summed E-state index contributed by atoms with van der Waals surface area (Å²) in [5.74, 6) is -0.914. The second-order valence-corrected chi connectivity index (χ2v) is 1.22. The molecule has 0 aliphatic heterocycles. The predicted molar refractivity (Wildman–Crippen MR) is 31.6 cm³/mol. The smallest absolute Gasteiger partial charge is 0.328 e. The van der Waals surface area contributed by atoms with Gasteiger partial charge in [-0.15, -0.1) is 0 Å². The third kappa shape index (κ3) is 11.5. The van der Waals surface area contributed by atoms with Crippen molar-refractivity contribution in [2.75, 3.05) is 0 Å². The SMILES string of the molecule is C/C=C/C=C/C(=O)O.[U]. The van der Waals surface area contributed by atoms with Crippen LogP contribution in [0.3, 0.4) is 0 Å². The summed E-state index contributed by atoms with van der Waals surface area (Å²) < 4.78 is 0. The van der Waals surface area contributed by atoms with Crippen molar-refractivity contribution < 1.29 is 41.0 Å². The van der Waals surface area contributed by atoms with Crippen molar-refractivity contribution in [3.05, 3.63) is 24.3 Å². The molecule has 0 aromatic heterocycles. The van der Waals surface area contributed by atoms with E-state index >= 15 is 0 Å². The molecule has 0 aliphatic rings. The first-order valence-electron chi connectivity index (χ1n) is 2.29. The third-order valence-electron chi connectivity index (χ3n) is 0.542. The van der Waals surface area contributed by atoms with Gasteiger partial charge in [-0.3, -0.25) is 0 Å². The fourth-order valence-electron chi connectivity index (χ4n) is 0.249. The van der Waals surface area contributed by atoms with E-state index in [-0.39, 0.29) is 31.1 Å². The van der Waals surface area contributed by atoms with E-state index in [1.807, 2.05) is 6.92 Å². The minimum absolute atomic E-state index is 0. The Morgan fingerprint density at radius 1 is 1.44 bits per heavy atom. The van der Waals surface area contributed by atoms with E-state index < -0.39 is 5.97 Å². The van der Waals surface area contributed by atoms with Gasteiger partial charge in [0, 0.05) is 37.2 Å². The van der Waals surface area contributed by atoms with Crippen LogP contribution in [0, 0.1) is 31.1 Å². The zero-order valence-electron chi connectivity index (χ0n) is 5.16. The maximum Gasteiger partial charge on any atom is 0.328 e. The number of carboxylic acid groups (broad SMARTS) is 1. The van der Waals surface area contributed by atoms with Gasteiger partial charge in [0.1, 0.15) is 0 Å². The van der Waals surface area contributed by atoms with Crippen LogP contribution >= 0.6 is 0 Å². The van der Waals surface area contributed by atoms with E-state index in [0.29, 0.717) is 0 Å². The molecular formula is C6H8O2U. The molecule has 48 valence electrons. The zero-order chi connectivity index (χ0) is 6.41. The van der Waals surface area contributed by atoms with E-state index in [2.05, 4.69) is 0 Å². The molecule has 0 saturated heterocycles. The van der Waals surface area contributed by atoms with E-state index in [1.54, 1.807) is 12.2 Å². The molecule has 0 aromatic carbocycles. The Bertz CT molecular complexity index is 127. The third-order valence-corrected chi connectivity index (χ3v) is 0.542. The quantitative estimate of drug-likeness (QED) is 0.601. The summed E-state index contributed by atoms with van der Waals surface area (Å²) in [4.78, 5) is 9.75. The summed E-state index contributed by atoms with van der Waals surface area (Å²) in [7, 11) is 0. The minimum atomic E-state index is -0.914. The molecule has 0 rings (SSSR count). The van der Waals surface area contributed by atoms with Crippen molar-refractivity contribution in [3.63, 3.8) is 0 Å². The van der Waals surface area contributed by atoms with Crippen LogP contribution in [0.25, 0.3) is 0 Å². The maximum atomic E-state index is 9.75. The Morgan fingerprint density at radius 3 is 2.33 bits per heavy atom. The topological polar surface area (TPSA) is 37.3 Å². The minimum Gasteiger partial charge on any atom is -0.478 e. The summed E-state index contributed by atoms with van der Waals surface area (Å²) in [5.41, 5.74) is 0. The number of allylic oxidation sites excluding steroid dienone is 3. The van der Waals surface area contributed by atoms with E-state index in [1.165, 1.54) is 6.08 Å². The van der Waals surface area contributed by atoms with Crippen LogP contribution in [0.15, 0.2) is 24.3 Å². The Hall–Kier alpha value is 0.00195. The number of hydrogen-bond donors (Lipinski definition) is 1. The standard InChI is InChI=1S/C6H8O2.U/c1-2-3-4-5-6(7)8;/h2-5H,1H3,(H,7,8);/b3-2+,5-4+;. The molecule has 0 amide bonds. The van der Waals surface area contributed by atoms with Gasteiger partial charge in [0.2, 0.25) is 0 Å². The van der Waals surface area contributed by atoms with Crippen molar-refractivity contribution in [1.82, 2.24) is 0 Å². The normalized spacial score (nSPS) is 9.89. The Labute approximate surface area is 78.0 Å². The zero-order valence-corrected chi connectivity index (χ0v) is 9.33. The molecule has 0 saturated carbocycles. The summed E-state index contributed by atoms with van der Waals surface area (Å²) >= 11 is 0. The molecule has 3 heteroatoms. The second kappa shape index (κ2) is 8.00. The van der Waals surface area contributed by atoms with Crippen LogP contribution in [0.4, 0.5) is 0 Å². The second-order valence-electron chi connectivity index (χ2n) is 1.22. The molecule has 0 atom stereocenters. The van der Waals surface area contributed by atoms with Gasteiger partial charge < -0.3 is 5.11 Å². The van der Waals surface area contributed by atoms with Gasteiger partial charge in [-0.2, -0.15) is 0 Å². The average molecular weight is 350 g/mol. The monoisotopic (exact) mass is 350 g/mol. The summed E-state index contributed by atoms with van der Waals surface area (Å²) in [6.45, 7) is 1.83. The number of aliphatic carboxylic acids is 1. The van der Waals surface area contributed by atoms with Crippen molar-refractivity contribution in [2.45, 2.75) is 6.92 Å². The predicted octanol–water partition coefficient (Wildman–Crippen LogP) is 1.20. The van der Waals surface area contributed by atoms with Crippen LogP contribution in [-0.2, 0) is 4.79 Å². The van der Waals surface area contributed by atoms with E-state index in [4.69, 9.17) is 5.11 Å². The summed E-state index contributed by atoms with van der Waals surface area (Å²) in [5, 5.41) is 8.02. The van der Waals surface area contributed by atoms with E-state index in [9.17, 15) is 4.79 Å². The molecule has 0 radical (unpaired) electrons. The Balaban J connectivity index is 0. The first-order valence-corrected chi connectivity index (χ1v) is 2.29. The number of carbonyl (C=O) groups is 1. The number of hydrogen-bond acceptors (Lipinski definition) is 1. The molecule has 0 spiro atoms. The van der Waals surface area contributed by atoms with Crippen molar-refractivity contribution in [3.8, 4) is 0 Å². The molecule has 2 nitrogen and oxygen atoms in total. The number of rotatable bonds is 2. The molecule has 9 heavy (non-hydrogen) atoms. The van der Waals surface area contributed by atoms with Gasteiger partial charge in [-0.05, 0) is 6.92 Å². The molecule has 0 aliphatic carbocycles. The summed E-state index contributed by atoms with van der Waals surface area (Å²) in [6, 6.07) is 0. The maximum absolute atomic E-state index is 9.75. The Morgan fingerprint density at radius 2 is 2.00 bits per heavy atom. The van der Waals surface area contributed by atoms with Gasteiger partial charge >= 0.3 is 5.97 Å². The van der Waals surface area contributed by atoms with Crippen LogP contribution in [0.5, 0.6) is 0 Å². The van der Waals surface area contributed by atoms with Crippen molar-refractivity contribution in [2.24, 2.45) is 0 Å². The fraction of sp³-hybridized carbons (Fsp3) is 0.167. The summed E-state index contributed by atoms with van der Waals surface area (Å²) in [6.07, 6.45) is 5.98. The van der Waals surface area contributed by atoms with Gasteiger partial charge in [0.15, 0.2) is 0 Å². The van der Waals surface area contributed by atoms with Crippen LogP contribution < -0.4 is 0 Å². The van der Waals surface area contributed by atoms with Gasteiger partial charge in [-0.1, -0.05) is 18.2 Å². The molecule has 0 aromatic rings. The van der Waals surface area contributed by atoms with Gasteiger partial charge in [0.25, 0.3) is 0 Å². The molecule has 0 bridgehead atoms. The average Bonchev–Trinajstić information content (AvgIpc) is 1.66. The van der Waals surface area contributed by atoms with Gasteiger partial charge in [-0.25, -0.2) is 4.79 Å². The largest absolute Gasteiger partial charge is 0.478 e. The van der Waals surface area contributed by atoms with E-state index in [0.717, 1.165) is 6.08 Å². The van der Waals surface area contributed by atoms with Crippen molar-refractivity contribution >= 4 is 5.97 Å². The Kier molecular flexibility index (Phi) is 10.5. The fourth-order valence-corrected chi connectivity index (χ4v) is 0.249. The first-order chi connectivity index (χ1) is 3.77. The molecule has 1 N–H and O–H groups in total. The molecule has 0 fully saturated rings. The first kappa shape index (κ1) is 11.8. The molecular weight excluding hydrogens is 342 g/mol.